The van der Waals surface area contributed by atoms with Crippen molar-refractivity contribution < 1.29 is 18.8 Å². The molecule has 0 aromatic heterocycles. The molecule has 1 aliphatic carbocycles. The number of halogens is 1. The van der Waals surface area contributed by atoms with Crippen LogP contribution in [0.2, 0.25) is 0 Å². The molecule has 1 saturated carbocycles. The van der Waals surface area contributed by atoms with E-state index in [9.17, 15) is 18.8 Å². The maximum atomic E-state index is 14.1. The molecule has 2 fully saturated rings. The van der Waals surface area contributed by atoms with Gasteiger partial charge in [-0.05, 0) is 102 Å². The van der Waals surface area contributed by atoms with Gasteiger partial charge in [-0.3, -0.25) is 14.4 Å². The fraction of sp³-hybridized carbons (Fsp3) is 0.757. The smallest absolute Gasteiger partial charge is 0.245 e. The van der Waals surface area contributed by atoms with E-state index in [2.05, 4.69) is 36.7 Å². The van der Waals surface area contributed by atoms with E-state index in [1.165, 1.54) is 18.6 Å². The van der Waals surface area contributed by atoms with Crippen LogP contribution in [0.25, 0.3) is 0 Å². The van der Waals surface area contributed by atoms with Crippen LogP contribution in [0.15, 0.2) is 24.3 Å². The molecule has 0 bridgehead atoms. The van der Waals surface area contributed by atoms with Gasteiger partial charge in [0.05, 0.1) is 5.41 Å². The van der Waals surface area contributed by atoms with Gasteiger partial charge in [-0.25, -0.2) is 4.39 Å². The summed E-state index contributed by atoms with van der Waals surface area (Å²) in [7, 11) is 0. The second kappa shape index (κ2) is 16.9. The van der Waals surface area contributed by atoms with Crippen molar-refractivity contribution in [3.63, 3.8) is 0 Å². The minimum Gasteiger partial charge on any atom is -0.351 e. The number of hydrogen-bond acceptors (Lipinski definition) is 4. The van der Waals surface area contributed by atoms with E-state index in [1.54, 1.807) is 12.1 Å². The predicted molar refractivity (Wildman–Crippen MR) is 180 cm³/mol. The molecule has 8 heteroatoms. The van der Waals surface area contributed by atoms with Crippen molar-refractivity contribution in [3.05, 3.63) is 35.6 Å². The van der Waals surface area contributed by atoms with E-state index in [1.807, 2.05) is 32.6 Å². The average molecular weight is 629 g/mol. The van der Waals surface area contributed by atoms with Crippen LogP contribution in [0, 0.1) is 29.0 Å². The lowest BCUT2D eigenvalue weighted by Gasteiger charge is -2.48. The molecule has 3 amide bonds. The first kappa shape index (κ1) is 37.0. The van der Waals surface area contributed by atoms with Gasteiger partial charge in [0.15, 0.2) is 0 Å². The highest BCUT2D eigenvalue weighted by Gasteiger charge is 2.49. The third-order valence-corrected chi connectivity index (χ3v) is 9.89. The number of amides is 3. The number of nitrogens with zero attached hydrogens (tertiary/aromatic N) is 1. The van der Waals surface area contributed by atoms with Crippen molar-refractivity contribution in [2.45, 2.75) is 137 Å². The highest BCUT2D eigenvalue weighted by Crippen LogP contribution is 2.46. The second-order valence-electron chi connectivity index (χ2n) is 15.4. The standard InChI is InChI=1S/C37H61FN4O3/c1-26(2)39-21-11-12-27(3)24-28(4)33(43)40-32(25-29-15-17-31(38)18-16-29)34(44)42-22-19-37(20-23-42,30-13-9-8-10-14-30)35(45)41-36(5,6)7/h15-18,26-28,30,32,39H,8-14,19-25H2,1-7H3,(H,40,43)(H,41,45)/t27-,28-,32-/m1/s1. The monoisotopic (exact) mass is 628 g/mol. The van der Waals surface area contributed by atoms with E-state index in [-0.39, 0.29) is 35.0 Å². The quantitative estimate of drug-likeness (QED) is 0.208. The molecular formula is C37H61FN4O3. The Morgan fingerprint density at radius 1 is 0.978 bits per heavy atom. The number of benzene rings is 1. The third-order valence-electron chi connectivity index (χ3n) is 9.89. The van der Waals surface area contributed by atoms with Crippen LogP contribution in [-0.4, -0.2) is 59.9 Å². The molecule has 1 heterocycles. The Hall–Kier alpha value is -2.48. The zero-order valence-electron chi connectivity index (χ0n) is 29.1. The van der Waals surface area contributed by atoms with Gasteiger partial charge in [-0.15, -0.1) is 0 Å². The van der Waals surface area contributed by atoms with Crippen LogP contribution in [0.3, 0.4) is 0 Å². The van der Waals surface area contributed by atoms with Crippen molar-refractivity contribution in [3.8, 4) is 0 Å². The molecule has 45 heavy (non-hydrogen) atoms. The van der Waals surface area contributed by atoms with Gasteiger partial charge in [0, 0.05) is 37.0 Å². The van der Waals surface area contributed by atoms with Crippen LogP contribution in [0.4, 0.5) is 4.39 Å². The van der Waals surface area contributed by atoms with Crippen molar-refractivity contribution in [2.24, 2.45) is 23.2 Å². The zero-order valence-corrected chi connectivity index (χ0v) is 29.1. The molecule has 3 atom stereocenters. The molecule has 1 aromatic carbocycles. The van der Waals surface area contributed by atoms with Crippen LogP contribution in [-0.2, 0) is 20.8 Å². The van der Waals surface area contributed by atoms with Gasteiger partial charge >= 0.3 is 0 Å². The van der Waals surface area contributed by atoms with Gasteiger partial charge < -0.3 is 20.9 Å². The molecule has 0 unspecified atom stereocenters. The first-order chi connectivity index (χ1) is 21.2. The van der Waals surface area contributed by atoms with Crippen molar-refractivity contribution in [2.75, 3.05) is 19.6 Å². The van der Waals surface area contributed by atoms with Gasteiger partial charge in [0.25, 0.3) is 0 Å². The van der Waals surface area contributed by atoms with Gasteiger partial charge in [-0.2, -0.15) is 0 Å². The first-order valence-electron chi connectivity index (χ1n) is 17.6. The number of piperidine rings is 1. The Kier molecular flexibility index (Phi) is 13.9. The van der Waals surface area contributed by atoms with E-state index in [0.717, 1.165) is 57.1 Å². The Labute approximate surface area is 272 Å². The van der Waals surface area contributed by atoms with E-state index in [0.29, 0.717) is 50.2 Å². The molecular weight excluding hydrogens is 567 g/mol. The lowest BCUT2D eigenvalue weighted by atomic mass is 9.63. The van der Waals surface area contributed by atoms with Crippen LogP contribution in [0.1, 0.15) is 118 Å². The second-order valence-corrected chi connectivity index (χ2v) is 15.4. The minimum atomic E-state index is -0.749. The van der Waals surface area contributed by atoms with Crippen molar-refractivity contribution >= 4 is 17.7 Å². The maximum absolute atomic E-state index is 14.1. The molecule has 3 rings (SSSR count). The average Bonchev–Trinajstić information content (AvgIpc) is 2.99. The number of hydrogen-bond donors (Lipinski definition) is 3. The predicted octanol–water partition coefficient (Wildman–Crippen LogP) is 6.40. The van der Waals surface area contributed by atoms with Crippen LogP contribution in [0.5, 0.6) is 0 Å². The summed E-state index contributed by atoms with van der Waals surface area (Å²) in [6.07, 6.45) is 10.0. The van der Waals surface area contributed by atoms with Crippen LogP contribution >= 0.6 is 0 Å². The van der Waals surface area contributed by atoms with E-state index < -0.39 is 11.5 Å². The highest BCUT2D eigenvalue weighted by molar-refractivity contribution is 5.89. The Bertz CT molecular complexity index is 1090. The first-order valence-corrected chi connectivity index (χ1v) is 17.6. The summed E-state index contributed by atoms with van der Waals surface area (Å²) in [6.45, 7) is 16.4. The van der Waals surface area contributed by atoms with Crippen molar-refractivity contribution in [1.82, 2.24) is 20.9 Å². The maximum Gasteiger partial charge on any atom is 0.245 e. The lowest BCUT2D eigenvalue weighted by Crippen LogP contribution is -2.59. The van der Waals surface area contributed by atoms with E-state index >= 15 is 0 Å². The topological polar surface area (TPSA) is 90.5 Å². The number of nitrogens with one attached hydrogen (secondary N) is 3. The summed E-state index contributed by atoms with van der Waals surface area (Å²) in [5.41, 5.74) is -0.00267. The highest BCUT2D eigenvalue weighted by atomic mass is 19.1. The fourth-order valence-electron chi connectivity index (χ4n) is 7.33. The number of rotatable bonds is 14. The summed E-state index contributed by atoms with van der Waals surface area (Å²) in [5, 5.41) is 9.80. The van der Waals surface area contributed by atoms with Gasteiger partial charge in [0.1, 0.15) is 11.9 Å². The Morgan fingerprint density at radius 2 is 1.60 bits per heavy atom. The molecule has 1 aromatic rings. The summed E-state index contributed by atoms with van der Waals surface area (Å²) in [5.74, 6) is 0.0169. The molecule has 0 radical (unpaired) electrons. The molecule has 254 valence electrons. The molecule has 1 aliphatic heterocycles. The minimum absolute atomic E-state index is 0.119. The number of carbonyl (C=O) groups is 3. The fourth-order valence-corrected chi connectivity index (χ4v) is 7.33. The van der Waals surface area contributed by atoms with E-state index in [4.69, 9.17) is 0 Å². The molecule has 0 spiro atoms. The summed E-state index contributed by atoms with van der Waals surface area (Å²) in [6, 6.07) is 5.86. The molecule has 3 N–H and O–H groups in total. The summed E-state index contributed by atoms with van der Waals surface area (Å²) in [4.78, 5) is 43.2. The lowest BCUT2D eigenvalue weighted by molar-refractivity contribution is -0.147. The number of carbonyl (C=O) groups excluding carboxylic acids is 3. The van der Waals surface area contributed by atoms with Gasteiger partial charge in [0.2, 0.25) is 17.7 Å². The summed E-state index contributed by atoms with van der Waals surface area (Å²) >= 11 is 0. The molecule has 2 aliphatic rings. The van der Waals surface area contributed by atoms with Crippen molar-refractivity contribution in [1.29, 1.82) is 0 Å². The Balaban J connectivity index is 1.70. The number of likely N-dealkylation sites (tertiary alicyclic amines) is 1. The van der Waals surface area contributed by atoms with Gasteiger partial charge in [-0.1, -0.05) is 59.1 Å². The largest absolute Gasteiger partial charge is 0.351 e. The SMILES string of the molecule is CC(C)NCCC[C@@H](C)C[C@@H](C)C(=O)N[C@H](Cc1ccc(F)cc1)C(=O)N1CCC(C(=O)NC(C)(C)C)(C2CCCCC2)CC1. The van der Waals surface area contributed by atoms with Crippen LogP contribution < -0.4 is 16.0 Å². The molecule has 1 saturated heterocycles. The Morgan fingerprint density at radius 3 is 2.18 bits per heavy atom. The molecule has 7 nitrogen and oxygen atoms in total. The summed E-state index contributed by atoms with van der Waals surface area (Å²) < 4.78 is 13.7. The third kappa shape index (κ3) is 11.4. The normalized spacial score (nSPS) is 19.5. The zero-order chi connectivity index (χ0) is 33.2.